The molecule has 0 spiro atoms. The third-order valence-corrected chi connectivity index (χ3v) is 4.51. The van der Waals surface area contributed by atoms with Gasteiger partial charge in [-0.15, -0.1) is 0 Å². The molecule has 122 valence electrons. The summed E-state index contributed by atoms with van der Waals surface area (Å²) in [4.78, 5) is 10.5. The molecular formula is C18H18N4O2. The number of aromatic nitrogens is 3. The Hall–Kier alpha value is -2.57. The predicted octanol–water partition coefficient (Wildman–Crippen LogP) is 2.22. The van der Waals surface area contributed by atoms with Crippen molar-refractivity contribution in [3.05, 3.63) is 65.8 Å². The Labute approximate surface area is 139 Å². The average molecular weight is 322 g/mol. The van der Waals surface area contributed by atoms with Gasteiger partial charge < -0.3 is 9.63 Å². The number of fused-ring (bicyclic) bond motifs is 1. The third-order valence-electron chi connectivity index (χ3n) is 4.51. The lowest BCUT2D eigenvalue weighted by Crippen LogP contribution is -2.34. The van der Waals surface area contributed by atoms with Crippen LogP contribution < -0.4 is 0 Å². The Morgan fingerprint density at radius 2 is 2.12 bits per heavy atom. The summed E-state index contributed by atoms with van der Waals surface area (Å²) >= 11 is 0. The first-order valence-electron chi connectivity index (χ1n) is 7.91. The van der Waals surface area contributed by atoms with Crippen molar-refractivity contribution in [2.75, 3.05) is 7.05 Å². The lowest BCUT2D eigenvalue weighted by Gasteiger charge is -2.25. The van der Waals surface area contributed by atoms with E-state index in [0.29, 0.717) is 18.3 Å². The topological polar surface area (TPSA) is 75.3 Å². The number of likely N-dealkylation sites (N-methyl/N-ethyl adjacent to an activating group) is 1. The van der Waals surface area contributed by atoms with E-state index in [1.165, 1.54) is 5.56 Å². The molecule has 1 aliphatic rings. The third kappa shape index (κ3) is 2.70. The first-order chi connectivity index (χ1) is 11.7. The monoisotopic (exact) mass is 322 g/mol. The maximum Gasteiger partial charge on any atom is 0.241 e. The van der Waals surface area contributed by atoms with Gasteiger partial charge in [-0.1, -0.05) is 29.4 Å². The van der Waals surface area contributed by atoms with Crippen LogP contribution in [0, 0.1) is 0 Å². The van der Waals surface area contributed by atoms with Gasteiger partial charge in [0.1, 0.15) is 0 Å². The molecule has 0 saturated carbocycles. The number of benzene rings is 1. The maximum atomic E-state index is 10.6. The Morgan fingerprint density at radius 3 is 2.92 bits per heavy atom. The van der Waals surface area contributed by atoms with Crippen LogP contribution in [-0.4, -0.2) is 38.2 Å². The van der Waals surface area contributed by atoms with Crippen molar-refractivity contribution < 1.29 is 9.63 Å². The highest BCUT2D eigenvalue weighted by molar-refractivity contribution is 5.51. The van der Waals surface area contributed by atoms with Crippen molar-refractivity contribution in [1.29, 1.82) is 0 Å². The number of aliphatic hydroxyl groups is 1. The predicted molar refractivity (Wildman–Crippen MR) is 87.9 cm³/mol. The van der Waals surface area contributed by atoms with Gasteiger partial charge in [-0.05, 0) is 36.7 Å². The van der Waals surface area contributed by atoms with Gasteiger partial charge in [-0.25, -0.2) is 0 Å². The van der Waals surface area contributed by atoms with Gasteiger partial charge in [0.15, 0.2) is 0 Å². The summed E-state index contributed by atoms with van der Waals surface area (Å²) in [6, 6.07) is 11.8. The molecule has 1 aliphatic carbocycles. The fourth-order valence-corrected chi connectivity index (χ4v) is 3.21. The Balaban J connectivity index is 1.48. The fraction of sp³-hybridized carbons (Fsp3) is 0.278. The van der Waals surface area contributed by atoms with Gasteiger partial charge in [-0.3, -0.25) is 9.88 Å². The number of aliphatic hydroxyl groups excluding tert-OH is 1. The van der Waals surface area contributed by atoms with Crippen molar-refractivity contribution in [3.63, 3.8) is 0 Å². The molecule has 0 saturated heterocycles. The van der Waals surface area contributed by atoms with E-state index < -0.39 is 6.10 Å². The Bertz CT molecular complexity index is 834. The van der Waals surface area contributed by atoms with Crippen LogP contribution in [0.15, 0.2) is 53.3 Å². The summed E-state index contributed by atoms with van der Waals surface area (Å²) < 4.78 is 5.35. The number of nitrogens with zero attached hydrogens (tertiary/aromatic N) is 4. The fourth-order valence-electron chi connectivity index (χ4n) is 3.21. The highest BCUT2D eigenvalue weighted by Gasteiger charge is 2.33. The zero-order valence-electron chi connectivity index (χ0n) is 13.3. The van der Waals surface area contributed by atoms with Crippen LogP contribution in [0.1, 0.15) is 23.1 Å². The van der Waals surface area contributed by atoms with Gasteiger partial charge in [0.05, 0.1) is 12.6 Å². The number of pyridine rings is 1. The van der Waals surface area contributed by atoms with Gasteiger partial charge in [0.2, 0.25) is 11.7 Å². The molecule has 3 aromatic rings. The molecule has 1 aromatic carbocycles. The molecule has 2 aromatic heterocycles. The van der Waals surface area contributed by atoms with Gasteiger partial charge in [0.25, 0.3) is 0 Å². The first kappa shape index (κ1) is 15.0. The normalized spacial score (nSPS) is 19.6. The highest BCUT2D eigenvalue weighted by atomic mass is 16.5. The molecule has 4 rings (SSSR count). The molecule has 1 N–H and O–H groups in total. The van der Waals surface area contributed by atoms with E-state index >= 15 is 0 Å². The van der Waals surface area contributed by atoms with Gasteiger partial charge >= 0.3 is 0 Å². The van der Waals surface area contributed by atoms with E-state index in [1.807, 2.05) is 37.4 Å². The minimum atomic E-state index is -0.494. The van der Waals surface area contributed by atoms with Crippen molar-refractivity contribution in [3.8, 4) is 11.4 Å². The molecule has 0 bridgehead atoms. The average Bonchev–Trinajstić information content (AvgIpc) is 3.21. The molecule has 6 nitrogen and oxygen atoms in total. The second-order valence-electron chi connectivity index (χ2n) is 6.08. The van der Waals surface area contributed by atoms with Crippen molar-refractivity contribution in [2.24, 2.45) is 0 Å². The smallest absolute Gasteiger partial charge is 0.241 e. The first-order valence-corrected chi connectivity index (χ1v) is 7.91. The standard InChI is InChI=1S/C18H18N4O2/c1-22(15-9-12-5-2-3-7-14(12)17(15)23)11-16-20-18(21-24-16)13-6-4-8-19-10-13/h2-8,10,15,17,23H,9,11H2,1H3/t15-,17+/m1/s1. The van der Waals surface area contributed by atoms with Crippen LogP contribution >= 0.6 is 0 Å². The van der Waals surface area contributed by atoms with Crippen molar-refractivity contribution >= 4 is 0 Å². The summed E-state index contributed by atoms with van der Waals surface area (Å²) in [5.74, 6) is 1.06. The molecule has 0 aliphatic heterocycles. The van der Waals surface area contributed by atoms with Crippen LogP contribution in [0.5, 0.6) is 0 Å². The highest BCUT2D eigenvalue weighted by Crippen LogP contribution is 2.34. The number of rotatable bonds is 4. The summed E-state index contributed by atoms with van der Waals surface area (Å²) in [7, 11) is 1.97. The lowest BCUT2D eigenvalue weighted by molar-refractivity contribution is 0.0664. The van der Waals surface area contributed by atoms with E-state index in [1.54, 1.807) is 12.4 Å². The lowest BCUT2D eigenvalue weighted by atomic mass is 10.1. The zero-order chi connectivity index (χ0) is 16.5. The van der Waals surface area contributed by atoms with Gasteiger partial charge in [-0.2, -0.15) is 4.98 Å². The Morgan fingerprint density at radius 1 is 1.25 bits per heavy atom. The van der Waals surface area contributed by atoms with E-state index in [4.69, 9.17) is 4.52 Å². The van der Waals surface area contributed by atoms with Crippen LogP contribution in [0.2, 0.25) is 0 Å². The summed E-state index contributed by atoms with van der Waals surface area (Å²) in [5.41, 5.74) is 3.03. The van der Waals surface area contributed by atoms with E-state index in [-0.39, 0.29) is 6.04 Å². The van der Waals surface area contributed by atoms with E-state index in [9.17, 15) is 5.11 Å². The summed E-state index contributed by atoms with van der Waals surface area (Å²) in [5, 5.41) is 14.6. The second-order valence-corrected chi connectivity index (χ2v) is 6.08. The second kappa shape index (κ2) is 6.14. The largest absolute Gasteiger partial charge is 0.387 e. The zero-order valence-corrected chi connectivity index (χ0v) is 13.3. The van der Waals surface area contributed by atoms with Crippen molar-refractivity contribution in [1.82, 2.24) is 20.0 Å². The summed E-state index contributed by atoms with van der Waals surface area (Å²) in [6.07, 6.45) is 3.73. The molecule has 24 heavy (non-hydrogen) atoms. The molecule has 0 amide bonds. The van der Waals surface area contributed by atoms with Crippen molar-refractivity contribution in [2.45, 2.75) is 25.1 Å². The minimum absolute atomic E-state index is 0.0103. The molecule has 0 fully saturated rings. The molecule has 2 heterocycles. The maximum absolute atomic E-state index is 10.6. The summed E-state index contributed by atoms with van der Waals surface area (Å²) in [6.45, 7) is 0.489. The molecule has 6 heteroatoms. The van der Waals surface area contributed by atoms with Crippen LogP contribution in [0.4, 0.5) is 0 Å². The molecule has 0 radical (unpaired) electrons. The SMILES string of the molecule is CN(Cc1nc(-c2cccnc2)no1)[C@@H]1Cc2ccccc2[C@@H]1O. The molecular weight excluding hydrogens is 304 g/mol. The van der Waals surface area contributed by atoms with Crippen LogP contribution in [0.3, 0.4) is 0 Å². The van der Waals surface area contributed by atoms with Gasteiger partial charge in [0, 0.05) is 24.0 Å². The van der Waals surface area contributed by atoms with Crippen LogP contribution in [0.25, 0.3) is 11.4 Å². The van der Waals surface area contributed by atoms with Crippen LogP contribution in [-0.2, 0) is 13.0 Å². The minimum Gasteiger partial charge on any atom is -0.387 e. The Kier molecular flexibility index (Phi) is 3.84. The molecule has 2 atom stereocenters. The number of hydrogen-bond acceptors (Lipinski definition) is 6. The quantitative estimate of drug-likeness (QED) is 0.794. The van der Waals surface area contributed by atoms with E-state index in [2.05, 4.69) is 26.1 Å². The number of hydrogen-bond donors (Lipinski definition) is 1. The van der Waals surface area contributed by atoms with E-state index in [0.717, 1.165) is 17.5 Å². The molecule has 0 unspecified atom stereocenters.